The van der Waals surface area contributed by atoms with Gasteiger partial charge in [-0.05, 0) is 105 Å². The molecule has 2 aromatic carbocycles. The van der Waals surface area contributed by atoms with Crippen LogP contribution in [0.2, 0.25) is 0 Å². The topological polar surface area (TPSA) is 57.6 Å². The molecule has 1 aliphatic heterocycles. The molecule has 1 saturated carbocycles. The van der Waals surface area contributed by atoms with Gasteiger partial charge in [0.2, 0.25) is 0 Å². The molecular formula is C37H60FNO3S. The first kappa shape index (κ1) is 39.0. The molecule has 1 saturated heterocycles. The Hall–Kier alpha value is -2.05. The van der Waals surface area contributed by atoms with E-state index in [1.807, 2.05) is 50.2 Å². The second kappa shape index (κ2) is 21.6. The largest absolute Gasteiger partial charge is 0.481 e. The number of carbonyl (C=O) groups is 1. The summed E-state index contributed by atoms with van der Waals surface area (Å²) < 4.78 is 25.3. The van der Waals surface area contributed by atoms with Crippen molar-refractivity contribution in [2.45, 2.75) is 98.3 Å². The zero-order valence-corrected chi connectivity index (χ0v) is 27.5. The van der Waals surface area contributed by atoms with Crippen molar-refractivity contribution in [1.82, 2.24) is 4.90 Å². The highest BCUT2D eigenvalue weighted by atomic mass is 32.2. The van der Waals surface area contributed by atoms with E-state index in [0.717, 1.165) is 48.3 Å². The average Bonchev–Trinajstić information content (AvgIpc) is 3.30. The number of unbranched alkanes of at least 4 members (excludes halogenated alkanes) is 1. The van der Waals surface area contributed by atoms with Gasteiger partial charge in [0, 0.05) is 17.2 Å². The summed E-state index contributed by atoms with van der Waals surface area (Å²) in [6.07, 6.45) is 9.21. The van der Waals surface area contributed by atoms with Crippen LogP contribution in [0.3, 0.4) is 0 Å². The Morgan fingerprint density at radius 1 is 1.00 bits per heavy atom. The molecule has 43 heavy (non-hydrogen) atoms. The van der Waals surface area contributed by atoms with E-state index >= 15 is 0 Å². The van der Waals surface area contributed by atoms with E-state index in [-0.39, 0.29) is 25.1 Å². The molecule has 2 aromatic rings. The van der Waals surface area contributed by atoms with Crippen LogP contribution in [0.25, 0.3) is 0 Å². The Balaban J connectivity index is 0.000000425. The normalized spacial score (nSPS) is 21.9. The summed E-state index contributed by atoms with van der Waals surface area (Å²) >= 11 is 0. The minimum absolute atomic E-state index is 0. The summed E-state index contributed by atoms with van der Waals surface area (Å²) in [6, 6.07) is 18.1. The van der Waals surface area contributed by atoms with Gasteiger partial charge in [-0.25, -0.2) is 4.39 Å². The van der Waals surface area contributed by atoms with E-state index in [2.05, 4.69) is 25.7 Å². The first-order chi connectivity index (χ1) is 20.1. The van der Waals surface area contributed by atoms with E-state index in [0.29, 0.717) is 11.7 Å². The van der Waals surface area contributed by atoms with Crippen LogP contribution in [-0.4, -0.2) is 45.6 Å². The number of rotatable bonds is 11. The van der Waals surface area contributed by atoms with E-state index in [1.54, 1.807) is 12.1 Å². The van der Waals surface area contributed by atoms with E-state index in [9.17, 15) is 13.4 Å². The van der Waals surface area contributed by atoms with Crippen LogP contribution in [0.1, 0.15) is 93.4 Å². The lowest BCUT2D eigenvalue weighted by Crippen LogP contribution is -2.38. The lowest BCUT2D eigenvalue weighted by molar-refractivity contribution is -0.143. The van der Waals surface area contributed by atoms with Crippen LogP contribution in [0.15, 0.2) is 65.6 Å². The van der Waals surface area contributed by atoms with Gasteiger partial charge in [0.15, 0.2) is 0 Å². The average molecular weight is 618 g/mol. The van der Waals surface area contributed by atoms with Gasteiger partial charge in [-0.3, -0.25) is 9.00 Å². The van der Waals surface area contributed by atoms with Crippen molar-refractivity contribution in [3.8, 4) is 0 Å². The summed E-state index contributed by atoms with van der Waals surface area (Å²) in [5.74, 6) is 3.28. The van der Waals surface area contributed by atoms with Crippen molar-refractivity contribution >= 4 is 16.8 Å². The first-order valence-electron chi connectivity index (χ1n) is 16.2. The zero-order valence-electron chi connectivity index (χ0n) is 26.7. The number of piperidine rings is 1. The molecule has 4 rings (SSSR count). The molecule has 4 unspecified atom stereocenters. The Morgan fingerprint density at radius 3 is 2.00 bits per heavy atom. The number of halogens is 1. The fraction of sp³-hybridized carbons (Fsp3) is 0.649. The standard InChI is InChI=1S/C21H32FNOS.C9H18O2.C6H6.CH4/c1-16-13-17(2)19(14-16)15-23-10-7-18(8-11-23)9-12-25(24)21-5-3-20(22)4-6-21;1-4-5-6-8(7(2)3)9(10)11;1-2-4-6-5-3-1;/h3-6,16-19H,7-15H2,1-2H3;7-8H,4-6H2,1-3H3,(H,10,11);1-6H;1H4/t16?,17?,19-,25?;;;/m1.../s1. The van der Waals surface area contributed by atoms with Gasteiger partial charge < -0.3 is 10.0 Å². The fourth-order valence-corrected chi connectivity index (χ4v) is 7.47. The smallest absolute Gasteiger partial charge is 0.306 e. The van der Waals surface area contributed by atoms with Crippen molar-refractivity contribution < 1.29 is 18.5 Å². The predicted octanol–water partition coefficient (Wildman–Crippen LogP) is 9.57. The van der Waals surface area contributed by atoms with Gasteiger partial charge in [0.1, 0.15) is 5.82 Å². The lowest BCUT2D eigenvalue weighted by atomic mass is 9.91. The molecule has 5 atom stereocenters. The number of carboxylic acids is 1. The highest BCUT2D eigenvalue weighted by molar-refractivity contribution is 7.85. The van der Waals surface area contributed by atoms with Gasteiger partial charge in [-0.15, -0.1) is 0 Å². The maximum absolute atomic E-state index is 13.0. The maximum atomic E-state index is 13.0. The molecule has 1 heterocycles. The van der Waals surface area contributed by atoms with Gasteiger partial charge in [0.25, 0.3) is 0 Å². The molecule has 0 spiro atoms. The van der Waals surface area contributed by atoms with Crippen molar-refractivity contribution in [1.29, 1.82) is 0 Å². The quantitative estimate of drug-likeness (QED) is 0.273. The minimum Gasteiger partial charge on any atom is -0.481 e. The van der Waals surface area contributed by atoms with Crippen molar-refractivity contribution in [3.63, 3.8) is 0 Å². The number of benzene rings is 2. The van der Waals surface area contributed by atoms with Gasteiger partial charge in [-0.1, -0.05) is 91.3 Å². The number of hydrogen-bond donors (Lipinski definition) is 1. The number of carboxylic acid groups (broad SMARTS) is 1. The van der Waals surface area contributed by atoms with E-state index in [4.69, 9.17) is 5.11 Å². The third-order valence-corrected chi connectivity index (χ3v) is 10.3. The Kier molecular flexibility index (Phi) is 19.6. The fourth-order valence-electron chi connectivity index (χ4n) is 6.25. The van der Waals surface area contributed by atoms with E-state index in [1.165, 1.54) is 57.5 Å². The lowest BCUT2D eigenvalue weighted by Gasteiger charge is -2.34. The maximum Gasteiger partial charge on any atom is 0.306 e. The Morgan fingerprint density at radius 2 is 1.56 bits per heavy atom. The summed E-state index contributed by atoms with van der Waals surface area (Å²) in [7, 11) is -0.995. The molecule has 0 amide bonds. The van der Waals surface area contributed by atoms with Crippen molar-refractivity contribution in [3.05, 3.63) is 66.5 Å². The molecule has 0 aromatic heterocycles. The van der Waals surface area contributed by atoms with Crippen LogP contribution >= 0.6 is 0 Å². The van der Waals surface area contributed by atoms with Gasteiger partial charge in [0.05, 0.1) is 16.7 Å². The van der Waals surface area contributed by atoms with Gasteiger partial charge in [-0.2, -0.15) is 0 Å². The number of nitrogens with zero attached hydrogens (tertiary/aromatic N) is 1. The van der Waals surface area contributed by atoms with Crippen molar-refractivity contribution in [2.75, 3.05) is 25.4 Å². The molecule has 1 aliphatic carbocycles. The number of aliphatic carboxylic acids is 1. The van der Waals surface area contributed by atoms with E-state index < -0.39 is 16.8 Å². The Bertz CT molecular complexity index is 982. The molecule has 0 bridgehead atoms. The molecular weight excluding hydrogens is 557 g/mol. The second-order valence-corrected chi connectivity index (χ2v) is 14.4. The molecule has 2 aliphatic rings. The van der Waals surface area contributed by atoms with Gasteiger partial charge >= 0.3 is 5.97 Å². The molecule has 4 nitrogen and oxygen atoms in total. The highest BCUT2D eigenvalue weighted by Gasteiger charge is 2.31. The molecule has 244 valence electrons. The predicted molar refractivity (Wildman–Crippen MR) is 181 cm³/mol. The van der Waals surface area contributed by atoms with Crippen LogP contribution in [-0.2, 0) is 15.6 Å². The monoisotopic (exact) mass is 617 g/mol. The summed E-state index contributed by atoms with van der Waals surface area (Å²) in [5.41, 5.74) is 0. The third kappa shape index (κ3) is 15.5. The first-order valence-corrected chi connectivity index (χ1v) is 17.5. The highest BCUT2D eigenvalue weighted by Crippen LogP contribution is 2.37. The molecule has 0 radical (unpaired) electrons. The summed E-state index contributed by atoms with van der Waals surface area (Å²) in [4.78, 5) is 14.1. The van der Waals surface area contributed by atoms with Crippen LogP contribution < -0.4 is 0 Å². The van der Waals surface area contributed by atoms with Crippen molar-refractivity contribution in [2.24, 2.45) is 35.5 Å². The Labute approximate surface area is 265 Å². The second-order valence-electron chi connectivity index (χ2n) is 12.8. The number of likely N-dealkylation sites (tertiary alicyclic amines) is 1. The SMILES string of the molecule is C.CC1CC(C)[C@@H](CN2CCC(CCS(=O)c3ccc(F)cc3)CC2)C1.CCCCC(C(=O)O)C(C)C.c1ccccc1. The molecule has 1 N–H and O–H groups in total. The third-order valence-electron chi connectivity index (χ3n) is 8.93. The summed E-state index contributed by atoms with van der Waals surface area (Å²) in [5, 5.41) is 8.77. The van der Waals surface area contributed by atoms with Crippen LogP contribution in [0.5, 0.6) is 0 Å². The zero-order chi connectivity index (χ0) is 30.9. The number of hydrogen-bond acceptors (Lipinski definition) is 3. The summed E-state index contributed by atoms with van der Waals surface area (Å²) in [6.45, 7) is 14.5. The minimum atomic E-state index is -0.995. The van der Waals surface area contributed by atoms with Crippen LogP contribution in [0, 0.1) is 41.3 Å². The van der Waals surface area contributed by atoms with Crippen LogP contribution in [0.4, 0.5) is 4.39 Å². The molecule has 6 heteroatoms. The molecule has 2 fully saturated rings.